The molecular formula is C22H19F3N4OS. The Bertz CT molecular complexity index is 1100. The molecule has 0 aliphatic carbocycles. The van der Waals surface area contributed by atoms with Gasteiger partial charge in [0.05, 0.1) is 28.8 Å². The van der Waals surface area contributed by atoms with Crippen LogP contribution in [-0.2, 0) is 11.0 Å². The molecule has 0 aromatic heterocycles. The highest BCUT2D eigenvalue weighted by Gasteiger charge is 2.36. The van der Waals surface area contributed by atoms with Crippen molar-refractivity contribution in [1.82, 2.24) is 10.2 Å². The van der Waals surface area contributed by atoms with Gasteiger partial charge >= 0.3 is 6.18 Å². The highest BCUT2D eigenvalue weighted by atomic mass is 32.1. The first kappa shape index (κ1) is 22.3. The standard InChI is InChI=1S/C22H19F3N4OS/c1-13-18(20(30)28(2)3)19(15-9-7-14(12-26)8-10-15)27-21(31)29(13)17-6-4-5-16(11-17)22(23,24)25/h4-11,19H,1-3H3,(H,27,31). The fourth-order valence-electron chi connectivity index (χ4n) is 3.39. The number of alkyl halides is 3. The normalized spacial score (nSPS) is 16.6. The number of carbonyl (C=O) groups is 1. The summed E-state index contributed by atoms with van der Waals surface area (Å²) < 4.78 is 39.7. The predicted octanol–water partition coefficient (Wildman–Crippen LogP) is 4.38. The van der Waals surface area contributed by atoms with E-state index < -0.39 is 17.8 Å². The highest BCUT2D eigenvalue weighted by Crippen LogP contribution is 2.37. The van der Waals surface area contributed by atoms with Gasteiger partial charge in [-0.1, -0.05) is 18.2 Å². The number of halogens is 3. The number of nitrogens with one attached hydrogen (secondary N) is 1. The zero-order valence-corrected chi connectivity index (χ0v) is 17.8. The van der Waals surface area contributed by atoms with Crippen molar-refractivity contribution in [2.45, 2.75) is 19.1 Å². The molecule has 3 rings (SSSR count). The summed E-state index contributed by atoms with van der Waals surface area (Å²) in [5.41, 5.74) is 1.34. The first-order chi connectivity index (χ1) is 14.5. The molecule has 0 bridgehead atoms. The number of amides is 1. The second-order valence-electron chi connectivity index (χ2n) is 7.20. The van der Waals surface area contributed by atoms with Crippen molar-refractivity contribution in [3.63, 3.8) is 0 Å². The lowest BCUT2D eigenvalue weighted by atomic mass is 9.93. The van der Waals surface area contributed by atoms with Crippen LogP contribution in [0.1, 0.15) is 29.7 Å². The second-order valence-corrected chi connectivity index (χ2v) is 7.59. The van der Waals surface area contributed by atoms with Gasteiger partial charge in [-0.2, -0.15) is 18.4 Å². The molecule has 9 heteroatoms. The molecule has 1 aliphatic rings. The summed E-state index contributed by atoms with van der Waals surface area (Å²) in [4.78, 5) is 15.9. The molecule has 5 nitrogen and oxygen atoms in total. The highest BCUT2D eigenvalue weighted by molar-refractivity contribution is 7.80. The van der Waals surface area contributed by atoms with Crippen molar-refractivity contribution < 1.29 is 18.0 Å². The number of thiocarbonyl (C=S) groups is 1. The summed E-state index contributed by atoms with van der Waals surface area (Å²) in [6.07, 6.45) is -4.51. The first-order valence-corrected chi connectivity index (χ1v) is 9.65. The van der Waals surface area contributed by atoms with E-state index in [9.17, 15) is 18.0 Å². The van der Waals surface area contributed by atoms with E-state index in [0.29, 0.717) is 22.4 Å². The fourth-order valence-corrected chi connectivity index (χ4v) is 3.75. The van der Waals surface area contributed by atoms with Crippen LogP contribution in [0.3, 0.4) is 0 Å². The summed E-state index contributed by atoms with van der Waals surface area (Å²) in [7, 11) is 3.19. The van der Waals surface area contributed by atoms with Crippen LogP contribution in [0.5, 0.6) is 0 Å². The molecule has 1 unspecified atom stereocenters. The topological polar surface area (TPSA) is 59.4 Å². The summed E-state index contributed by atoms with van der Waals surface area (Å²) in [6.45, 7) is 1.65. The summed E-state index contributed by atoms with van der Waals surface area (Å²) in [5.74, 6) is -0.307. The van der Waals surface area contributed by atoms with Gasteiger partial charge in [-0.05, 0) is 55.0 Å². The molecule has 0 saturated heterocycles. The van der Waals surface area contributed by atoms with Gasteiger partial charge in [0, 0.05) is 25.5 Å². The first-order valence-electron chi connectivity index (χ1n) is 9.25. The van der Waals surface area contributed by atoms with E-state index in [-0.39, 0.29) is 16.7 Å². The third kappa shape index (κ3) is 4.39. The minimum Gasteiger partial charge on any atom is -0.351 e. The molecule has 1 amide bonds. The van der Waals surface area contributed by atoms with Crippen LogP contribution in [0, 0.1) is 11.3 Å². The lowest BCUT2D eigenvalue weighted by Crippen LogP contribution is -2.49. The molecule has 0 radical (unpaired) electrons. The van der Waals surface area contributed by atoms with Gasteiger partial charge in [0.2, 0.25) is 0 Å². The van der Waals surface area contributed by atoms with Gasteiger partial charge in [-0.15, -0.1) is 0 Å². The Kier molecular flexibility index (Phi) is 6.04. The summed E-state index contributed by atoms with van der Waals surface area (Å²) in [6, 6.07) is 12.9. The fraction of sp³-hybridized carbons (Fsp3) is 0.227. The molecule has 0 saturated carbocycles. The van der Waals surface area contributed by atoms with Crippen molar-refractivity contribution in [3.8, 4) is 6.07 Å². The third-order valence-electron chi connectivity index (χ3n) is 4.93. The van der Waals surface area contributed by atoms with Gasteiger partial charge in [0.15, 0.2) is 5.11 Å². The van der Waals surface area contributed by atoms with Crippen LogP contribution in [-0.4, -0.2) is 30.0 Å². The molecule has 2 aromatic carbocycles. The van der Waals surface area contributed by atoms with Gasteiger partial charge in [0.25, 0.3) is 5.91 Å². The number of allylic oxidation sites excluding steroid dienone is 1. The Labute approximate surface area is 183 Å². The minimum atomic E-state index is -4.51. The van der Waals surface area contributed by atoms with Crippen LogP contribution in [0.2, 0.25) is 0 Å². The summed E-state index contributed by atoms with van der Waals surface area (Å²) >= 11 is 5.48. The molecule has 31 heavy (non-hydrogen) atoms. The number of benzene rings is 2. The SMILES string of the molecule is CC1=C(C(=O)N(C)C)C(c2ccc(C#N)cc2)NC(=S)N1c1cccc(C(F)(F)F)c1. The molecule has 1 N–H and O–H groups in total. The van der Waals surface area contributed by atoms with Crippen molar-refractivity contribution in [3.05, 3.63) is 76.5 Å². The lowest BCUT2D eigenvalue weighted by molar-refractivity contribution is -0.137. The molecule has 1 heterocycles. The Morgan fingerprint density at radius 3 is 2.39 bits per heavy atom. The number of carbonyl (C=O) groups excluding carboxylic acids is 1. The van der Waals surface area contributed by atoms with Crippen LogP contribution in [0.25, 0.3) is 0 Å². The van der Waals surface area contributed by atoms with Crippen molar-refractivity contribution in [2.24, 2.45) is 0 Å². The van der Waals surface area contributed by atoms with E-state index >= 15 is 0 Å². The molecular weight excluding hydrogens is 425 g/mol. The van der Waals surface area contributed by atoms with E-state index in [1.807, 2.05) is 6.07 Å². The Morgan fingerprint density at radius 2 is 1.84 bits per heavy atom. The number of hydrogen-bond acceptors (Lipinski definition) is 3. The number of hydrogen-bond donors (Lipinski definition) is 1. The molecule has 160 valence electrons. The maximum atomic E-state index is 13.2. The van der Waals surface area contributed by atoms with Gasteiger partial charge in [-0.3, -0.25) is 9.69 Å². The van der Waals surface area contributed by atoms with Crippen LogP contribution in [0.15, 0.2) is 59.8 Å². The molecule has 1 aliphatic heterocycles. The van der Waals surface area contributed by atoms with Crippen LogP contribution in [0.4, 0.5) is 18.9 Å². The number of nitrogens with zero attached hydrogens (tertiary/aromatic N) is 3. The summed E-state index contributed by atoms with van der Waals surface area (Å²) in [5, 5.41) is 12.3. The van der Waals surface area contributed by atoms with Gasteiger partial charge in [0.1, 0.15) is 0 Å². The predicted molar refractivity (Wildman–Crippen MR) is 115 cm³/mol. The maximum Gasteiger partial charge on any atom is 0.416 e. The number of rotatable bonds is 3. The molecule has 0 spiro atoms. The monoisotopic (exact) mass is 444 g/mol. The van der Waals surface area contributed by atoms with E-state index in [2.05, 4.69) is 5.32 Å². The van der Waals surface area contributed by atoms with Gasteiger partial charge < -0.3 is 10.2 Å². The van der Waals surface area contributed by atoms with Crippen molar-refractivity contribution in [2.75, 3.05) is 19.0 Å². The zero-order chi connectivity index (χ0) is 22.9. The quantitative estimate of drug-likeness (QED) is 0.713. The van der Waals surface area contributed by atoms with Crippen LogP contribution >= 0.6 is 12.2 Å². The van der Waals surface area contributed by atoms with Gasteiger partial charge in [-0.25, -0.2) is 0 Å². The molecule has 1 atom stereocenters. The van der Waals surface area contributed by atoms with Crippen molar-refractivity contribution >= 4 is 28.9 Å². The van der Waals surface area contributed by atoms with E-state index in [4.69, 9.17) is 17.5 Å². The smallest absolute Gasteiger partial charge is 0.351 e. The Balaban J connectivity index is 2.15. The minimum absolute atomic E-state index is 0.168. The third-order valence-corrected chi connectivity index (χ3v) is 5.23. The van der Waals surface area contributed by atoms with Crippen LogP contribution < -0.4 is 10.2 Å². The number of nitriles is 1. The Hall–Kier alpha value is -3.38. The van der Waals surface area contributed by atoms with Crippen molar-refractivity contribution in [1.29, 1.82) is 5.26 Å². The Morgan fingerprint density at radius 1 is 1.19 bits per heavy atom. The molecule has 2 aromatic rings. The zero-order valence-electron chi connectivity index (χ0n) is 17.0. The van der Waals surface area contributed by atoms with E-state index in [1.54, 1.807) is 45.3 Å². The van der Waals surface area contributed by atoms with E-state index in [0.717, 1.165) is 12.1 Å². The average Bonchev–Trinajstić information content (AvgIpc) is 2.72. The number of anilines is 1. The average molecular weight is 444 g/mol. The largest absolute Gasteiger partial charge is 0.416 e. The number of likely N-dealkylation sites (N-methyl/N-ethyl adjacent to an activating group) is 1. The maximum absolute atomic E-state index is 13.2. The second kappa shape index (κ2) is 8.40. The van der Waals surface area contributed by atoms with E-state index in [1.165, 1.54) is 21.9 Å². The lowest BCUT2D eigenvalue weighted by Gasteiger charge is -2.38. The molecule has 0 fully saturated rings.